The summed E-state index contributed by atoms with van der Waals surface area (Å²) in [4.78, 5) is 19.5. The molecule has 0 radical (unpaired) electrons. The van der Waals surface area contributed by atoms with Crippen LogP contribution in [0.25, 0.3) is 10.9 Å². The van der Waals surface area contributed by atoms with Gasteiger partial charge in [0, 0.05) is 35.7 Å². The summed E-state index contributed by atoms with van der Waals surface area (Å²) in [5, 5.41) is 1.28. The predicted octanol–water partition coefficient (Wildman–Crippen LogP) is 3.26. The second-order valence-electron chi connectivity index (χ2n) is 8.15. The molecule has 1 aromatic carbocycles. The average molecular weight is 338 g/mol. The van der Waals surface area contributed by atoms with E-state index in [4.69, 9.17) is 4.74 Å². The van der Waals surface area contributed by atoms with Crippen LogP contribution >= 0.6 is 0 Å². The summed E-state index contributed by atoms with van der Waals surface area (Å²) in [6.45, 7) is 4.46. The molecule has 3 aliphatic heterocycles. The van der Waals surface area contributed by atoms with E-state index in [9.17, 15) is 4.79 Å². The minimum Gasteiger partial charge on any atom is -0.468 e. The number of H-pyrrole nitrogens is 1. The van der Waals surface area contributed by atoms with Gasteiger partial charge in [0.1, 0.15) is 5.41 Å². The van der Waals surface area contributed by atoms with Gasteiger partial charge in [0.15, 0.2) is 0 Å². The van der Waals surface area contributed by atoms with E-state index in [0.29, 0.717) is 11.8 Å². The first kappa shape index (κ1) is 15.4. The van der Waals surface area contributed by atoms with Crippen LogP contribution in [0.2, 0.25) is 0 Å². The lowest BCUT2D eigenvalue weighted by molar-refractivity contribution is -0.162. The van der Waals surface area contributed by atoms with Gasteiger partial charge < -0.3 is 9.72 Å². The van der Waals surface area contributed by atoms with Gasteiger partial charge in [-0.3, -0.25) is 9.69 Å². The third kappa shape index (κ3) is 1.89. The average Bonchev–Trinajstić information content (AvgIpc) is 3.00. The molecule has 2 saturated heterocycles. The van der Waals surface area contributed by atoms with Crippen molar-refractivity contribution in [3.05, 3.63) is 35.5 Å². The van der Waals surface area contributed by atoms with Crippen LogP contribution < -0.4 is 0 Å². The van der Waals surface area contributed by atoms with Gasteiger partial charge >= 0.3 is 5.97 Å². The van der Waals surface area contributed by atoms with E-state index in [1.165, 1.54) is 17.4 Å². The molecule has 5 atom stereocenters. The Morgan fingerprint density at radius 2 is 2.24 bits per heavy atom. The van der Waals surface area contributed by atoms with Crippen LogP contribution in [0.1, 0.15) is 37.4 Å². The summed E-state index contributed by atoms with van der Waals surface area (Å²) in [6, 6.07) is 8.75. The Balaban J connectivity index is 1.81. The van der Waals surface area contributed by atoms with Crippen molar-refractivity contribution in [1.29, 1.82) is 0 Å². The Morgan fingerprint density at radius 1 is 1.40 bits per heavy atom. The van der Waals surface area contributed by atoms with Gasteiger partial charge in [-0.05, 0) is 42.7 Å². The van der Waals surface area contributed by atoms with Gasteiger partial charge in [0.2, 0.25) is 0 Å². The molecule has 6 rings (SSSR count). The minimum atomic E-state index is -0.526. The summed E-state index contributed by atoms with van der Waals surface area (Å²) in [7, 11) is 1.55. The molecule has 4 nitrogen and oxygen atoms in total. The van der Waals surface area contributed by atoms with Gasteiger partial charge in [-0.15, -0.1) is 0 Å². The number of aromatic amines is 1. The molecule has 1 saturated carbocycles. The fourth-order valence-electron chi connectivity index (χ4n) is 6.27. The third-order valence-electron chi connectivity index (χ3n) is 7.07. The van der Waals surface area contributed by atoms with Crippen LogP contribution in [0.4, 0.5) is 0 Å². The molecule has 3 fully saturated rings. The molecular weight excluding hydrogens is 312 g/mol. The highest BCUT2D eigenvalue weighted by Gasteiger charge is 2.62. The zero-order valence-electron chi connectivity index (χ0n) is 15.0. The van der Waals surface area contributed by atoms with Crippen molar-refractivity contribution in [1.82, 2.24) is 9.88 Å². The van der Waals surface area contributed by atoms with Crippen LogP contribution in [0, 0.1) is 11.8 Å². The molecule has 132 valence electrons. The number of methoxy groups -OCH3 is 1. The predicted molar refractivity (Wildman–Crippen MR) is 97.6 cm³/mol. The highest BCUT2D eigenvalue weighted by molar-refractivity contribution is 5.91. The molecule has 1 aromatic heterocycles. The fraction of sp³-hybridized carbons (Fsp3) is 0.571. The number of piperidine rings is 2. The number of aromatic nitrogens is 1. The number of carbonyl (C=O) groups excluding carboxylic acids is 1. The Kier molecular flexibility index (Phi) is 3.30. The zero-order chi connectivity index (χ0) is 17.2. The van der Waals surface area contributed by atoms with Crippen LogP contribution in [0.15, 0.2) is 24.3 Å². The van der Waals surface area contributed by atoms with Crippen LogP contribution in [-0.2, 0) is 21.4 Å². The topological polar surface area (TPSA) is 45.3 Å². The maximum Gasteiger partial charge on any atom is 0.319 e. The molecular formula is C21H26N2O2. The van der Waals surface area contributed by atoms with Crippen LogP contribution in [0.5, 0.6) is 0 Å². The van der Waals surface area contributed by atoms with Crippen molar-refractivity contribution in [2.45, 2.75) is 44.1 Å². The molecule has 1 N–H and O–H groups in total. The van der Waals surface area contributed by atoms with Crippen molar-refractivity contribution in [3.63, 3.8) is 0 Å². The Labute approximate surface area is 148 Å². The molecule has 4 heteroatoms. The van der Waals surface area contributed by atoms with Gasteiger partial charge in [0.25, 0.3) is 0 Å². The summed E-state index contributed by atoms with van der Waals surface area (Å²) in [6.07, 6.45) is 4.33. The second-order valence-corrected chi connectivity index (χ2v) is 8.15. The summed E-state index contributed by atoms with van der Waals surface area (Å²) < 4.78 is 5.43. The van der Waals surface area contributed by atoms with Gasteiger partial charge in [-0.1, -0.05) is 31.5 Å². The first-order valence-electron chi connectivity index (χ1n) is 9.61. The first-order valence-corrected chi connectivity index (χ1v) is 9.61. The molecule has 25 heavy (non-hydrogen) atoms. The Hall–Kier alpha value is -1.81. The highest BCUT2D eigenvalue weighted by atomic mass is 16.5. The fourth-order valence-corrected chi connectivity index (χ4v) is 6.27. The molecule has 1 aliphatic carbocycles. The van der Waals surface area contributed by atoms with Crippen molar-refractivity contribution in [2.75, 3.05) is 20.2 Å². The number of esters is 1. The smallest absolute Gasteiger partial charge is 0.319 e. The number of nitrogens with zero attached hydrogens (tertiary/aromatic N) is 1. The monoisotopic (exact) mass is 338 g/mol. The standard InChI is InChI=1S/C21H26N2O2/c1-3-14-10-13-11-21(20(24)25-2)18-16(8-9-23(12-13)19(14)21)15-6-4-5-7-17(15)22-18/h4-7,13-14,19,22H,3,8-12H2,1-2H3/t13-,14+,19+,21-/m0/s1. The summed E-state index contributed by atoms with van der Waals surface area (Å²) in [5.41, 5.74) is 3.11. The quantitative estimate of drug-likeness (QED) is 0.855. The van der Waals surface area contributed by atoms with Gasteiger partial charge in [-0.25, -0.2) is 0 Å². The van der Waals surface area contributed by atoms with E-state index >= 15 is 0 Å². The lowest BCUT2D eigenvalue weighted by Gasteiger charge is -2.57. The van der Waals surface area contributed by atoms with Gasteiger partial charge in [0.05, 0.1) is 7.11 Å². The molecule has 4 heterocycles. The van der Waals surface area contributed by atoms with E-state index in [2.05, 4.69) is 41.1 Å². The number of ether oxygens (including phenoxy) is 1. The first-order chi connectivity index (χ1) is 12.2. The van der Waals surface area contributed by atoms with Crippen LogP contribution in [-0.4, -0.2) is 42.1 Å². The van der Waals surface area contributed by atoms with Crippen molar-refractivity contribution in [2.24, 2.45) is 11.8 Å². The number of hydrogen-bond acceptors (Lipinski definition) is 3. The Bertz CT molecular complexity index is 842. The zero-order valence-corrected chi connectivity index (χ0v) is 15.0. The minimum absolute atomic E-state index is 0.0416. The largest absolute Gasteiger partial charge is 0.468 e. The number of carbonyl (C=O) groups is 1. The number of fused-ring (bicyclic) bond motifs is 4. The molecule has 0 spiro atoms. The normalized spacial score (nSPS) is 36.1. The summed E-state index contributed by atoms with van der Waals surface area (Å²) >= 11 is 0. The molecule has 4 bridgehead atoms. The number of nitrogens with one attached hydrogen (secondary N) is 1. The number of hydrogen-bond donors (Lipinski definition) is 1. The highest BCUT2D eigenvalue weighted by Crippen LogP contribution is 2.55. The molecule has 0 amide bonds. The molecule has 1 unspecified atom stereocenters. The molecule has 4 aliphatic rings. The SMILES string of the molecule is CC[C@@H]1C[C@@H]2CN3CCc4c([nH]c5ccccc45)[C@@](C(=O)OC)(C2)[C@@H]13. The van der Waals surface area contributed by atoms with E-state index < -0.39 is 5.41 Å². The molecule has 2 aromatic rings. The van der Waals surface area contributed by atoms with Gasteiger partial charge in [-0.2, -0.15) is 0 Å². The Morgan fingerprint density at radius 3 is 3.04 bits per heavy atom. The number of para-hydroxylation sites is 1. The second kappa shape index (κ2) is 5.34. The maximum atomic E-state index is 13.3. The van der Waals surface area contributed by atoms with Crippen molar-refractivity contribution in [3.8, 4) is 0 Å². The van der Waals surface area contributed by atoms with E-state index in [0.717, 1.165) is 43.6 Å². The number of benzene rings is 1. The van der Waals surface area contributed by atoms with Crippen molar-refractivity contribution >= 4 is 16.9 Å². The lowest BCUT2D eigenvalue weighted by Crippen LogP contribution is -2.67. The van der Waals surface area contributed by atoms with E-state index in [-0.39, 0.29) is 12.0 Å². The maximum absolute atomic E-state index is 13.3. The van der Waals surface area contributed by atoms with E-state index in [1.807, 2.05) is 0 Å². The lowest BCUT2D eigenvalue weighted by atomic mass is 9.56. The third-order valence-corrected chi connectivity index (χ3v) is 7.07. The number of rotatable bonds is 2. The van der Waals surface area contributed by atoms with E-state index in [1.54, 1.807) is 7.11 Å². The van der Waals surface area contributed by atoms with Crippen molar-refractivity contribution < 1.29 is 9.53 Å². The summed E-state index contributed by atoms with van der Waals surface area (Å²) in [5.74, 6) is 1.12. The van der Waals surface area contributed by atoms with Crippen LogP contribution in [0.3, 0.4) is 0 Å².